The van der Waals surface area contributed by atoms with E-state index in [2.05, 4.69) is 49.8 Å². The van der Waals surface area contributed by atoms with Crippen LogP contribution in [0.4, 0.5) is 0 Å². The van der Waals surface area contributed by atoms with Gasteiger partial charge in [-0.25, -0.2) is 0 Å². The van der Waals surface area contributed by atoms with E-state index in [9.17, 15) is 15.3 Å². The molecule has 0 aromatic heterocycles. The lowest BCUT2D eigenvalue weighted by Gasteiger charge is -2.33. The topological polar surface area (TPSA) is 73.9 Å². The van der Waals surface area contributed by atoms with Crippen LogP contribution in [0, 0.1) is 51.4 Å². The van der Waals surface area contributed by atoms with Gasteiger partial charge in [0.25, 0.3) is 0 Å². The summed E-state index contributed by atoms with van der Waals surface area (Å²) in [5.74, 6) is 2.58. The first-order valence-electron chi connectivity index (χ1n) is 9.03. The summed E-state index contributed by atoms with van der Waals surface area (Å²) in [6, 6.07) is 4.42. The molecule has 26 heavy (non-hydrogen) atoms. The van der Waals surface area contributed by atoms with Gasteiger partial charge in [-0.3, -0.25) is 4.79 Å². The second kappa shape index (κ2) is 9.42. The molecule has 2 unspecified atom stereocenters. The van der Waals surface area contributed by atoms with Crippen molar-refractivity contribution in [2.45, 2.75) is 52.2 Å². The lowest BCUT2D eigenvalue weighted by Crippen LogP contribution is -2.31. The summed E-state index contributed by atoms with van der Waals surface area (Å²) in [4.78, 5) is 12.1. The van der Waals surface area contributed by atoms with Crippen molar-refractivity contribution >= 4 is 14.0 Å². The number of esters is 1. The van der Waals surface area contributed by atoms with E-state index in [0.29, 0.717) is 25.9 Å². The lowest BCUT2D eigenvalue weighted by atomic mass is 9.67. The predicted octanol–water partition coefficient (Wildman–Crippen LogP) is 4.38. The van der Waals surface area contributed by atoms with Gasteiger partial charge >= 0.3 is 5.97 Å². The molecule has 0 aliphatic heterocycles. The summed E-state index contributed by atoms with van der Waals surface area (Å²) in [5, 5.41) is 19.6. The Kier molecular flexibility index (Phi) is 7.88. The fourth-order valence-electron chi connectivity index (χ4n) is 3.18. The van der Waals surface area contributed by atoms with Gasteiger partial charge in [0.15, 0.2) is 5.41 Å². The molecule has 138 valence electrons. The number of hydrogen-bond donors (Lipinski definition) is 0. The van der Waals surface area contributed by atoms with Crippen LogP contribution in [0.3, 0.4) is 0 Å². The smallest absolute Gasteiger partial charge is 0.309 e. The van der Waals surface area contributed by atoms with Gasteiger partial charge in [-0.15, -0.1) is 18.0 Å². The van der Waals surface area contributed by atoms with E-state index in [-0.39, 0.29) is 24.2 Å². The standard InChI is InChI=1S/C21H28N2O2Si/c1-6-9-17-14-18(20(24)25-7-2)10-11-19(17)21(15-22,16-23)12-8-13-26(3,4)5/h6,11,17-18H,1,7,9-10,12,14H2,2-5H3. The molecule has 0 spiro atoms. The Morgan fingerprint density at radius 3 is 2.58 bits per heavy atom. The first kappa shape index (κ1) is 21.7. The number of carbonyl (C=O) groups is 1. The monoisotopic (exact) mass is 368 g/mol. The van der Waals surface area contributed by atoms with Gasteiger partial charge in [0, 0.05) is 6.42 Å². The summed E-state index contributed by atoms with van der Waals surface area (Å²) >= 11 is 0. The number of allylic oxidation sites excluding steroid dienone is 3. The number of nitrogens with zero attached hydrogens (tertiary/aromatic N) is 2. The van der Waals surface area contributed by atoms with Crippen LogP contribution in [-0.4, -0.2) is 20.7 Å². The molecule has 1 rings (SSSR count). The Balaban J connectivity index is 3.20. The summed E-state index contributed by atoms with van der Waals surface area (Å²) in [6.45, 7) is 12.3. The van der Waals surface area contributed by atoms with Gasteiger partial charge in [-0.2, -0.15) is 10.5 Å². The molecule has 0 saturated carbocycles. The first-order valence-corrected chi connectivity index (χ1v) is 12.5. The maximum atomic E-state index is 12.1. The van der Waals surface area contributed by atoms with Crippen LogP contribution in [0.1, 0.15) is 32.6 Å². The lowest BCUT2D eigenvalue weighted by molar-refractivity contribution is -0.148. The molecule has 0 bridgehead atoms. The van der Waals surface area contributed by atoms with Crippen LogP contribution in [0.5, 0.6) is 0 Å². The summed E-state index contributed by atoms with van der Waals surface area (Å²) in [5.41, 5.74) is 2.76. The fourth-order valence-corrected chi connectivity index (χ4v) is 3.80. The number of carbonyl (C=O) groups excluding carboxylic acids is 1. The molecule has 1 aliphatic carbocycles. The Hall–Kier alpha value is -2.29. The number of rotatable bonds is 6. The van der Waals surface area contributed by atoms with E-state index < -0.39 is 13.5 Å². The van der Waals surface area contributed by atoms with E-state index in [0.717, 1.165) is 5.57 Å². The minimum Gasteiger partial charge on any atom is -0.466 e. The molecule has 5 heteroatoms. The average molecular weight is 369 g/mol. The summed E-state index contributed by atoms with van der Waals surface area (Å²) in [6.07, 6.45) is 5.56. The van der Waals surface area contributed by atoms with Crippen molar-refractivity contribution in [2.24, 2.45) is 17.3 Å². The van der Waals surface area contributed by atoms with Crippen molar-refractivity contribution in [3.63, 3.8) is 0 Å². The maximum absolute atomic E-state index is 12.1. The number of ether oxygens (including phenoxy) is 1. The molecule has 0 N–H and O–H groups in total. The zero-order valence-electron chi connectivity index (χ0n) is 16.3. The molecule has 0 aromatic rings. The highest BCUT2D eigenvalue weighted by atomic mass is 28.3. The van der Waals surface area contributed by atoms with Crippen LogP contribution in [0.25, 0.3) is 0 Å². The number of nitriles is 2. The van der Waals surface area contributed by atoms with Crippen molar-refractivity contribution in [2.75, 3.05) is 6.61 Å². The van der Waals surface area contributed by atoms with Crippen LogP contribution < -0.4 is 0 Å². The summed E-state index contributed by atoms with van der Waals surface area (Å²) < 4.78 is 5.14. The molecule has 0 aromatic carbocycles. The minimum atomic E-state index is -1.58. The van der Waals surface area contributed by atoms with Gasteiger partial charge in [0.1, 0.15) is 8.07 Å². The van der Waals surface area contributed by atoms with Gasteiger partial charge in [0.05, 0.1) is 24.7 Å². The normalized spacial score (nSPS) is 19.8. The van der Waals surface area contributed by atoms with E-state index in [1.54, 1.807) is 13.0 Å². The second-order valence-electron chi connectivity index (χ2n) is 7.66. The zero-order valence-corrected chi connectivity index (χ0v) is 17.3. The van der Waals surface area contributed by atoms with Gasteiger partial charge < -0.3 is 4.74 Å². The fraction of sp³-hybridized carbons (Fsp3) is 0.571. The Morgan fingerprint density at radius 1 is 1.42 bits per heavy atom. The van der Waals surface area contributed by atoms with Gasteiger partial charge in [0.2, 0.25) is 0 Å². The van der Waals surface area contributed by atoms with Crippen molar-refractivity contribution in [3.05, 3.63) is 24.3 Å². The highest BCUT2D eigenvalue weighted by Gasteiger charge is 2.41. The third-order valence-electron chi connectivity index (χ3n) is 4.39. The summed E-state index contributed by atoms with van der Waals surface area (Å²) in [7, 11) is -1.58. The molecule has 1 aliphatic rings. The van der Waals surface area contributed by atoms with Crippen LogP contribution in [-0.2, 0) is 9.53 Å². The Morgan fingerprint density at radius 2 is 2.08 bits per heavy atom. The van der Waals surface area contributed by atoms with Gasteiger partial charge in [-0.1, -0.05) is 31.8 Å². The van der Waals surface area contributed by atoms with Crippen molar-refractivity contribution < 1.29 is 9.53 Å². The van der Waals surface area contributed by atoms with E-state index >= 15 is 0 Å². The molecule has 0 amide bonds. The molecule has 0 fully saturated rings. The third-order valence-corrected chi connectivity index (χ3v) is 5.32. The second-order valence-corrected chi connectivity index (χ2v) is 12.4. The highest BCUT2D eigenvalue weighted by Crippen LogP contribution is 2.43. The maximum Gasteiger partial charge on any atom is 0.309 e. The molecular weight excluding hydrogens is 340 g/mol. The van der Waals surface area contributed by atoms with Crippen molar-refractivity contribution in [1.29, 1.82) is 10.5 Å². The predicted molar refractivity (Wildman–Crippen MR) is 105 cm³/mol. The molecular formula is C21H28N2O2Si. The largest absolute Gasteiger partial charge is 0.466 e. The minimum absolute atomic E-state index is 0.0661. The van der Waals surface area contributed by atoms with Crippen molar-refractivity contribution in [3.8, 4) is 23.6 Å². The van der Waals surface area contributed by atoms with Crippen molar-refractivity contribution in [1.82, 2.24) is 0 Å². The molecule has 0 radical (unpaired) electrons. The molecule has 2 atom stereocenters. The highest BCUT2D eigenvalue weighted by molar-refractivity contribution is 6.83. The molecule has 4 nitrogen and oxygen atoms in total. The first-order chi connectivity index (χ1) is 12.2. The molecule has 0 saturated heterocycles. The molecule has 0 heterocycles. The zero-order chi connectivity index (χ0) is 19.8. The van der Waals surface area contributed by atoms with Crippen LogP contribution in [0.2, 0.25) is 19.6 Å². The van der Waals surface area contributed by atoms with E-state index in [1.807, 2.05) is 6.08 Å². The van der Waals surface area contributed by atoms with Gasteiger partial charge in [-0.05, 0) is 37.7 Å². The van der Waals surface area contributed by atoms with E-state index in [1.165, 1.54) is 0 Å². The number of hydrogen-bond acceptors (Lipinski definition) is 4. The Labute approximate surface area is 158 Å². The Bertz CT molecular complexity index is 693. The van der Waals surface area contributed by atoms with Crippen LogP contribution >= 0.6 is 0 Å². The quantitative estimate of drug-likeness (QED) is 0.302. The SMILES string of the molecule is C=CCC1CC(C(=O)OCC)CC=C1C(C#N)(C#N)CC#C[Si](C)(C)C. The third kappa shape index (κ3) is 5.62. The van der Waals surface area contributed by atoms with E-state index in [4.69, 9.17) is 4.74 Å². The van der Waals surface area contributed by atoms with Crippen LogP contribution in [0.15, 0.2) is 24.3 Å². The average Bonchev–Trinajstić information content (AvgIpc) is 2.59.